The van der Waals surface area contributed by atoms with Crippen LogP contribution in [0.1, 0.15) is 24.1 Å². The number of rotatable bonds is 7. The van der Waals surface area contributed by atoms with Gasteiger partial charge in [-0.15, -0.1) is 5.10 Å². The van der Waals surface area contributed by atoms with E-state index in [1.165, 1.54) is 17.9 Å². The van der Waals surface area contributed by atoms with Gasteiger partial charge >= 0.3 is 5.97 Å². The zero-order valence-corrected chi connectivity index (χ0v) is 16.7. The van der Waals surface area contributed by atoms with Crippen molar-refractivity contribution in [2.75, 3.05) is 5.32 Å². The lowest BCUT2D eigenvalue weighted by Gasteiger charge is -2.19. The van der Waals surface area contributed by atoms with Crippen LogP contribution in [0, 0.1) is 6.92 Å². The van der Waals surface area contributed by atoms with Gasteiger partial charge in [-0.3, -0.25) is 4.79 Å². The maximum absolute atomic E-state index is 12.8. The molecule has 8 nitrogen and oxygen atoms in total. The normalized spacial score (nSPS) is 12.8. The molecule has 0 radical (unpaired) electrons. The Labute approximate surface area is 172 Å². The Morgan fingerprint density at radius 2 is 1.97 bits per heavy atom. The van der Waals surface area contributed by atoms with Crippen LogP contribution in [0.2, 0.25) is 5.02 Å². The molecule has 0 aliphatic rings. The van der Waals surface area contributed by atoms with Crippen molar-refractivity contribution in [3.05, 3.63) is 71.0 Å². The van der Waals surface area contributed by atoms with Crippen LogP contribution >= 0.6 is 11.6 Å². The lowest BCUT2D eigenvalue weighted by molar-refractivity contribution is -0.156. The van der Waals surface area contributed by atoms with Gasteiger partial charge in [0.25, 0.3) is 5.91 Å². The summed E-state index contributed by atoms with van der Waals surface area (Å²) in [6.45, 7) is 3.35. The molecule has 1 amide bonds. The highest BCUT2D eigenvalue weighted by atomic mass is 35.5. The van der Waals surface area contributed by atoms with E-state index in [4.69, 9.17) is 16.3 Å². The summed E-state index contributed by atoms with van der Waals surface area (Å²) >= 11 is 5.98. The van der Waals surface area contributed by atoms with E-state index >= 15 is 0 Å². The summed E-state index contributed by atoms with van der Waals surface area (Å²) in [4.78, 5) is 25.3. The van der Waals surface area contributed by atoms with Gasteiger partial charge in [-0.2, -0.15) is 0 Å². The second-order valence-electron chi connectivity index (χ2n) is 6.52. The molecular weight excluding hydrogens is 394 g/mol. The van der Waals surface area contributed by atoms with Gasteiger partial charge < -0.3 is 10.1 Å². The first-order valence-electron chi connectivity index (χ1n) is 8.98. The van der Waals surface area contributed by atoms with Crippen LogP contribution < -0.4 is 5.32 Å². The zero-order valence-electron chi connectivity index (χ0n) is 15.9. The van der Waals surface area contributed by atoms with Crippen LogP contribution in [-0.4, -0.2) is 38.2 Å². The minimum Gasteiger partial charge on any atom is -0.451 e. The number of carbonyl (C=O) groups is 2. The van der Waals surface area contributed by atoms with Crippen molar-refractivity contribution in [1.29, 1.82) is 0 Å². The first-order valence-corrected chi connectivity index (χ1v) is 9.35. The van der Waals surface area contributed by atoms with Gasteiger partial charge in [-0.1, -0.05) is 48.0 Å². The van der Waals surface area contributed by atoms with Crippen LogP contribution in [0.25, 0.3) is 0 Å². The largest absolute Gasteiger partial charge is 0.451 e. The Kier molecular flexibility index (Phi) is 6.56. The number of nitrogens with zero attached hydrogens (tertiary/aromatic N) is 4. The van der Waals surface area contributed by atoms with E-state index in [1.54, 1.807) is 18.2 Å². The summed E-state index contributed by atoms with van der Waals surface area (Å²) < 4.78 is 6.73. The Morgan fingerprint density at radius 1 is 1.21 bits per heavy atom. The summed E-state index contributed by atoms with van der Waals surface area (Å²) in [5.41, 5.74) is 2.32. The van der Waals surface area contributed by atoms with Gasteiger partial charge in [0.2, 0.25) is 0 Å². The number of nitrogens with one attached hydrogen (secondary N) is 1. The van der Waals surface area contributed by atoms with Crippen molar-refractivity contribution in [1.82, 2.24) is 20.2 Å². The van der Waals surface area contributed by atoms with E-state index < -0.39 is 24.0 Å². The predicted molar refractivity (Wildman–Crippen MR) is 107 cm³/mol. The van der Waals surface area contributed by atoms with Crippen LogP contribution in [-0.2, 0) is 20.7 Å². The monoisotopic (exact) mass is 413 g/mol. The molecule has 0 aliphatic heterocycles. The molecule has 150 valence electrons. The maximum atomic E-state index is 12.8. The number of amides is 1. The van der Waals surface area contributed by atoms with Crippen molar-refractivity contribution >= 4 is 29.2 Å². The van der Waals surface area contributed by atoms with Gasteiger partial charge in [0.05, 0.1) is 0 Å². The number of ether oxygens (including phenoxy) is 1. The summed E-state index contributed by atoms with van der Waals surface area (Å²) in [5, 5.41) is 14.2. The number of benzene rings is 2. The van der Waals surface area contributed by atoms with Gasteiger partial charge in [0.1, 0.15) is 6.33 Å². The number of tetrazole rings is 1. The molecule has 0 saturated heterocycles. The van der Waals surface area contributed by atoms with Gasteiger partial charge in [0.15, 0.2) is 12.1 Å². The fourth-order valence-electron chi connectivity index (χ4n) is 2.70. The minimum atomic E-state index is -1.02. The maximum Gasteiger partial charge on any atom is 0.332 e. The second-order valence-corrected chi connectivity index (χ2v) is 6.96. The minimum absolute atomic E-state index is 0.326. The molecule has 0 spiro atoms. The number of esters is 1. The molecule has 1 heterocycles. The number of hydrogen-bond acceptors (Lipinski definition) is 6. The van der Waals surface area contributed by atoms with E-state index in [0.29, 0.717) is 17.1 Å². The quantitative estimate of drug-likeness (QED) is 0.598. The first kappa shape index (κ1) is 20.5. The van der Waals surface area contributed by atoms with Crippen LogP contribution in [0.5, 0.6) is 0 Å². The molecule has 2 aromatic carbocycles. The third kappa shape index (κ3) is 5.39. The molecule has 0 saturated carbocycles. The first-order chi connectivity index (χ1) is 13.9. The van der Waals surface area contributed by atoms with E-state index in [9.17, 15) is 9.59 Å². The molecule has 1 aromatic heterocycles. The summed E-state index contributed by atoms with van der Waals surface area (Å²) in [5.74, 6) is -1.06. The Hall–Kier alpha value is -3.26. The molecule has 0 fully saturated rings. The number of aryl methyl sites for hydroxylation is 1. The fourth-order valence-corrected chi connectivity index (χ4v) is 2.88. The Bertz CT molecular complexity index is 979. The predicted octanol–water partition coefficient (Wildman–Crippen LogP) is 2.99. The average Bonchev–Trinajstić information content (AvgIpc) is 3.24. The lowest BCUT2D eigenvalue weighted by atomic mass is 10.1. The SMILES string of the molecule is Cc1ccc(Cl)cc1NC(=O)[C@H](C)OC(=O)[C@@H](Cc1ccccc1)n1cnnn1. The van der Waals surface area contributed by atoms with Crippen molar-refractivity contribution in [2.45, 2.75) is 32.4 Å². The van der Waals surface area contributed by atoms with Gasteiger partial charge in [-0.05, 0) is 47.5 Å². The standard InChI is InChI=1S/C20H20ClN5O3/c1-13-8-9-16(21)11-17(13)23-19(27)14(2)29-20(28)18(26-12-22-24-25-26)10-15-6-4-3-5-7-15/h3-9,11-12,14,18H,10H2,1-2H3,(H,23,27)/t14-,18+/m0/s1. The van der Waals surface area contributed by atoms with Gasteiger partial charge in [-0.25, -0.2) is 9.48 Å². The van der Waals surface area contributed by atoms with Crippen molar-refractivity contribution < 1.29 is 14.3 Å². The molecular formula is C20H20ClN5O3. The van der Waals surface area contributed by atoms with Crippen LogP contribution in [0.15, 0.2) is 54.9 Å². The zero-order chi connectivity index (χ0) is 20.8. The molecule has 3 aromatic rings. The molecule has 0 bridgehead atoms. The molecule has 0 aliphatic carbocycles. The molecule has 9 heteroatoms. The third-order valence-corrected chi connectivity index (χ3v) is 4.58. The number of halogens is 1. The number of carbonyl (C=O) groups excluding carboxylic acids is 2. The summed E-state index contributed by atoms with van der Waals surface area (Å²) in [7, 11) is 0. The van der Waals surface area contributed by atoms with Crippen molar-refractivity contribution in [3.8, 4) is 0 Å². The average molecular weight is 414 g/mol. The molecule has 3 rings (SSSR count). The lowest BCUT2D eigenvalue weighted by Crippen LogP contribution is -2.34. The fraction of sp³-hybridized carbons (Fsp3) is 0.250. The number of hydrogen-bond donors (Lipinski definition) is 1. The van der Waals surface area contributed by atoms with E-state index in [2.05, 4.69) is 20.8 Å². The third-order valence-electron chi connectivity index (χ3n) is 4.35. The smallest absolute Gasteiger partial charge is 0.332 e. The van der Waals surface area contributed by atoms with E-state index in [-0.39, 0.29) is 0 Å². The van der Waals surface area contributed by atoms with Crippen LogP contribution in [0.4, 0.5) is 5.69 Å². The molecule has 1 N–H and O–H groups in total. The summed E-state index contributed by atoms with van der Waals surface area (Å²) in [6, 6.07) is 13.8. The number of aromatic nitrogens is 4. The molecule has 29 heavy (non-hydrogen) atoms. The second kappa shape index (κ2) is 9.29. The van der Waals surface area contributed by atoms with Crippen LogP contribution in [0.3, 0.4) is 0 Å². The summed E-state index contributed by atoms with van der Waals surface area (Å²) in [6.07, 6.45) is 0.650. The van der Waals surface area contributed by atoms with E-state index in [1.807, 2.05) is 37.3 Å². The Balaban J connectivity index is 1.69. The highest BCUT2D eigenvalue weighted by molar-refractivity contribution is 6.31. The van der Waals surface area contributed by atoms with Crippen molar-refractivity contribution in [3.63, 3.8) is 0 Å². The van der Waals surface area contributed by atoms with E-state index in [0.717, 1.165) is 11.1 Å². The highest BCUT2D eigenvalue weighted by Crippen LogP contribution is 2.21. The molecule has 2 atom stereocenters. The number of anilines is 1. The topological polar surface area (TPSA) is 99.0 Å². The van der Waals surface area contributed by atoms with Gasteiger partial charge in [0, 0.05) is 17.1 Å². The Morgan fingerprint density at radius 3 is 2.66 bits per heavy atom. The van der Waals surface area contributed by atoms with Crippen molar-refractivity contribution in [2.24, 2.45) is 0 Å². The highest BCUT2D eigenvalue weighted by Gasteiger charge is 2.28. The molecule has 0 unspecified atom stereocenters.